The van der Waals surface area contributed by atoms with Crippen molar-refractivity contribution in [1.29, 1.82) is 0 Å². The van der Waals surface area contributed by atoms with Gasteiger partial charge in [0.1, 0.15) is 74.1 Å². The minimum absolute atomic E-state index is 0.169. The molecule has 0 spiro atoms. The normalized spacial score (nSPS) is 10.9. The number of rotatable bonds is 20. The van der Waals surface area contributed by atoms with Crippen LogP contribution in [0.5, 0.6) is 34.5 Å². The van der Waals surface area contributed by atoms with Crippen LogP contribution in [0.4, 0.5) is 0 Å². The SMILES string of the molecule is Cc1cn(Cc2cc(OCc3cc(OCc4ccccc4)cc(OCc4ccccc4)c3)cc(OCc3cc(OCc4ccccc4)cc(OCc4ccccc4)c3)c2)c(=O)n(C)c1=O. The van der Waals surface area contributed by atoms with Gasteiger partial charge in [0.25, 0.3) is 5.56 Å². The zero-order valence-corrected chi connectivity index (χ0v) is 36.4. The fraction of sp³-hybridized carbons (Fsp3) is 0.164. The summed E-state index contributed by atoms with van der Waals surface area (Å²) in [5.41, 5.74) is 6.24. The molecule has 0 aliphatic heterocycles. The molecule has 0 bridgehead atoms. The smallest absolute Gasteiger partial charge is 0.331 e. The summed E-state index contributed by atoms with van der Waals surface area (Å²) in [6.07, 6.45) is 1.58. The third-order valence-electron chi connectivity index (χ3n) is 10.5. The van der Waals surface area contributed by atoms with Gasteiger partial charge in [0, 0.05) is 37.0 Å². The van der Waals surface area contributed by atoms with Crippen molar-refractivity contribution >= 4 is 0 Å². The van der Waals surface area contributed by atoms with E-state index < -0.39 is 5.69 Å². The van der Waals surface area contributed by atoms with Gasteiger partial charge >= 0.3 is 5.69 Å². The first-order valence-electron chi connectivity index (χ1n) is 21.4. The van der Waals surface area contributed by atoms with E-state index in [-0.39, 0.29) is 25.3 Å². The molecule has 0 aliphatic rings. The van der Waals surface area contributed by atoms with Gasteiger partial charge in [0.05, 0.1) is 6.54 Å². The molecule has 0 amide bonds. The first-order valence-corrected chi connectivity index (χ1v) is 21.4. The minimum atomic E-state index is -0.430. The van der Waals surface area contributed by atoms with Crippen LogP contribution in [-0.4, -0.2) is 9.13 Å². The van der Waals surface area contributed by atoms with Crippen LogP contribution in [0.1, 0.15) is 44.5 Å². The Morgan fingerprint density at radius 1 is 0.369 bits per heavy atom. The third-order valence-corrected chi connectivity index (χ3v) is 10.5. The van der Waals surface area contributed by atoms with E-state index in [0.29, 0.717) is 66.5 Å². The molecule has 8 rings (SSSR count). The summed E-state index contributed by atoms with van der Waals surface area (Å²) in [5.74, 6) is 3.59. The van der Waals surface area contributed by atoms with E-state index >= 15 is 0 Å². The molecule has 10 nitrogen and oxygen atoms in total. The maximum atomic E-state index is 13.3. The van der Waals surface area contributed by atoms with E-state index in [1.165, 1.54) is 11.6 Å². The number of hydrogen-bond donors (Lipinski definition) is 0. The van der Waals surface area contributed by atoms with Crippen molar-refractivity contribution in [3.05, 3.63) is 247 Å². The molecule has 328 valence electrons. The number of nitrogens with zero attached hydrogens (tertiary/aromatic N) is 2. The monoisotopic (exact) mass is 866 g/mol. The maximum absolute atomic E-state index is 13.3. The van der Waals surface area contributed by atoms with Gasteiger partial charge in [-0.2, -0.15) is 0 Å². The van der Waals surface area contributed by atoms with Gasteiger partial charge in [0.15, 0.2) is 0 Å². The van der Waals surface area contributed by atoms with E-state index in [4.69, 9.17) is 28.4 Å². The average molecular weight is 867 g/mol. The predicted molar refractivity (Wildman–Crippen MR) is 251 cm³/mol. The van der Waals surface area contributed by atoms with Crippen LogP contribution in [0, 0.1) is 6.92 Å². The van der Waals surface area contributed by atoms with E-state index in [9.17, 15) is 9.59 Å². The maximum Gasteiger partial charge on any atom is 0.331 e. The van der Waals surface area contributed by atoms with Crippen molar-refractivity contribution in [2.24, 2.45) is 7.05 Å². The van der Waals surface area contributed by atoms with Crippen LogP contribution in [0.25, 0.3) is 0 Å². The Morgan fingerprint density at radius 3 is 0.954 bits per heavy atom. The van der Waals surface area contributed by atoms with Crippen LogP contribution >= 0.6 is 0 Å². The van der Waals surface area contributed by atoms with Crippen molar-refractivity contribution in [1.82, 2.24) is 9.13 Å². The third kappa shape index (κ3) is 12.6. The summed E-state index contributed by atoms with van der Waals surface area (Å²) in [6, 6.07) is 57.0. The summed E-state index contributed by atoms with van der Waals surface area (Å²) in [4.78, 5) is 25.8. The zero-order chi connectivity index (χ0) is 44.8. The van der Waals surface area contributed by atoms with Gasteiger partial charge in [-0.05, 0) is 82.3 Å². The molecule has 0 saturated carbocycles. The van der Waals surface area contributed by atoms with Crippen molar-refractivity contribution in [2.45, 2.75) is 53.1 Å². The molecule has 0 unspecified atom stereocenters. The summed E-state index contributed by atoms with van der Waals surface area (Å²) < 4.78 is 40.7. The van der Waals surface area contributed by atoms with Gasteiger partial charge in [-0.3, -0.25) is 13.9 Å². The summed E-state index contributed by atoms with van der Waals surface area (Å²) in [6.45, 7) is 3.76. The Hall–Kier alpha value is -7.98. The lowest BCUT2D eigenvalue weighted by Gasteiger charge is -2.16. The molecule has 0 radical (unpaired) electrons. The molecule has 8 aromatic rings. The van der Waals surface area contributed by atoms with E-state index in [1.54, 1.807) is 13.1 Å². The first-order chi connectivity index (χ1) is 31.8. The highest BCUT2D eigenvalue weighted by Gasteiger charge is 2.13. The van der Waals surface area contributed by atoms with Gasteiger partial charge in [-0.1, -0.05) is 121 Å². The topological polar surface area (TPSA) is 99.4 Å². The van der Waals surface area contributed by atoms with Crippen LogP contribution in [0.2, 0.25) is 0 Å². The number of aromatic nitrogens is 2. The lowest BCUT2D eigenvalue weighted by molar-refractivity contribution is 0.275. The molecule has 0 fully saturated rings. The second-order valence-corrected chi connectivity index (χ2v) is 15.7. The highest BCUT2D eigenvalue weighted by atomic mass is 16.5. The molecular weight excluding hydrogens is 817 g/mol. The van der Waals surface area contributed by atoms with E-state index in [0.717, 1.165) is 43.5 Å². The average Bonchev–Trinajstić information content (AvgIpc) is 3.35. The number of aryl methyl sites for hydroxylation is 1. The molecule has 10 heteroatoms. The lowest BCUT2D eigenvalue weighted by atomic mass is 10.1. The summed E-state index contributed by atoms with van der Waals surface area (Å²) in [5, 5.41) is 0. The Balaban J connectivity index is 1.06. The van der Waals surface area contributed by atoms with Gasteiger partial charge in [-0.15, -0.1) is 0 Å². The fourth-order valence-corrected chi connectivity index (χ4v) is 7.15. The van der Waals surface area contributed by atoms with E-state index in [2.05, 4.69) is 0 Å². The summed E-state index contributed by atoms with van der Waals surface area (Å²) >= 11 is 0. The predicted octanol–water partition coefficient (Wildman–Crippen LogP) is 10.4. The van der Waals surface area contributed by atoms with Crippen LogP contribution in [-0.2, 0) is 53.2 Å². The molecular formula is C55H50N2O8. The number of ether oxygens (including phenoxy) is 6. The molecule has 0 saturated heterocycles. The molecule has 0 N–H and O–H groups in total. The standard InChI is InChI=1S/C55H50N2O8/c1-40-32-57(55(59)56(2)54(40)58)33-45-23-48(64-38-46-25-50(60-34-41-15-7-3-8-16-41)30-51(26-46)61-35-42-17-9-4-10-18-42)29-49(24-45)65-39-47-27-52(62-36-43-19-11-5-12-20-43)31-53(28-47)63-37-44-21-13-6-14-22-44/h3-32H,33-39H2,1-2H3. The van der Waals surface area contributed by atoms with Crippen molar-refractivity contribution in [3.63, 3.8) is 0 Å². The zero-order valence-electron chi connectivity index (χ0n) is 36.4. The molecule has 65 heavy (non-hydrogen) atoms. The van der Waals surface area contributed by atoms with Crippen LogP contribution < -0.4 is 39.7 Å². The molecule has 0 aliphatic carbocycles. The minimum Gasteiger partial charge on any atom is -0.489 e. The Bertz CT molecular complexity index is 2640. The van der Waals surface area contributed by atoms with E-state index in [1.807, 2.05) is 176 Å². The van der Waals surface area contributed by atoms with Gasteiger partial charge < -0.3 is 28.4 Å². The molecule has 1 aromatic heterocycles. The second kappa shape index (κ2) is 21.4. The Labute approximate surface area is 378 Å². The van der Waals surface area contributed by atoms with Crippen molar-refractivity contribution in [3.8, 4) is 34.5 Å². The molecule has 0 atom stereocenters. The quantitative estimate of drug-likeness (QED) is 0.0747. The Kier molecular flexibility index (Phi) is 14.4. The molecule has 7 aromatic carbocycles. The van der Waals surface area contributed by atoms with Gasteiger partial charge in [0.2, 0.25) is 0 Å². The second-order valence-electron chi connectivity index (χ2n) is 15.7. The van der Waals surface area contributed by atoms with Gasteiger partial charge in [-0.25, -0.2) is 4.79 Å². The largest absolute Gasteiger partial charge is 0.489 e. The number of benzene rings is 7. The van der Waals surface area contributed by atoms with Crippen LogP contribution in [0.15, 0.2) is 192 Å². The molecule has 1 heterocycles. The Morgan fingerprint density at radius 2 is 0.646 bits per heavy atom. The lowest BCUT2D eigenvalue weighted by Crippen LogP contribution is -2.38. The van der Waals surface area contributed by atoms with Crippen LogP contribution in [0.3, 0.4) is 0 Å². The van der Waals surface area contributed by atoms with Crippen molar-refractivity contribution < 1.29 is 28.4 Å². The summed E-state index contributed by atoms with van der Waals surface area (Å²) in [7, 11) is 1.48. The fourth-order valence-electron chi connectivity index (χ4n) is 7.15. The van der Waals surface area contributed by atoms with Crippen molar-refractivity contribution in [2.75, 3.05) is 0 Å². The highest BCUT2D eigenvalue weighted by Crippen LogP contribution is 2.30. The number of hydrogen-bond acceptors (Lipinski definition) is 8. The highest BCUT2D eigenvalue weighted by molar-refractivity contribution is 5.43. The first kappa shape index (κ1) is 43.7.